The predicted molar refractivity (Wildman–Crippen MR) is 40.3 cm³/mol. The third-order valence-electron chi connectivity index (χ3n) is 2.86. The summed E-state index contributed by atoms with van der Waals surface area (Å²) in [6.07, 6.45) is 1.72. The molecule has 64 valence electrons. The molecule has 0 aromatic carbocycles. The van der Waals surface area contributed by atoms with Crippen LogP contribution in [0.3, 0.4) is 0 Å². The third kappa shape index (κ3) is 1.16. The molecule has 2 saturated heterocycles. The van der Waals surface area contributed by atoms with Crippen LogP contribution in [-0.2, 0) is 4.74 Å². The van der Waals surface area contributed by atoms with E-state index < -0.39 is 6.17 Å². The van der Waals surface area contributed by atoms with E-state index >= 15 is 0 Å². The minimum absolute atomic E-state index is 0.210. The Hall–Kier alpha value is -0.150. The highest BCUT2D eigenvalue weighted by atomic mass is 19.1. The van der Waals surface area contributed by atoms with Crippen LogP contribution in [-0.4, -0.2) is 31.5 Å². The first-order valence-electron chi connectivity index (χ1n) is 4.30. The topological polar surface area (TPSA) is 21.3 Å². The van der Waals surface area contributed by atoms with Gasteiger partial charge in [-0.15, -0.1) is 0 Å². The Morgan fingerprint density at radius 1 is 1.36 bits per heavy atom. The number of hydrogen-bond donors (Lipinski definition) is 1. The maximum absolute atomic E-state index is 13.3. The second-order valence-electron chi connectivity index (χ2n) is 3.45. The van der Waals surface area contributed by atoms with Crippen LogP contribution < -0.4 is 5.32 Å². The van der Waals surface area contributed by atoms with Crippen molar-refractivity contribution in [1.82, 2.24) is 5.32 Å². The van der Waals surface area contributed by atoms with Gasteiger partial charge < -0.3 is 10.1 Å². The van der Waals surface area contributed by atoms with Gasteiger partial charge in [0.05, 0.1) is 5.54 Å². The maximum atomic E-state index is 13.3. The molecule has 0 saturated carbocycles. The lowest BCUT2D eigenvalue weighted by molar-refractivity contribution is 0.0193. The molecule has 2 aliphatic heterocycles. The molecule has 0 radical (unpaired) electrons. The molecule has 2 rings (SSSR count). The third-order valence-corrected chi connectivity index (χ3v) is 2.86. The Morgan fingerprint density at radius 3 is 2.64 bits per heavy atom. The lowest BCUT2D eigenvalue weighted by Gasteiger charge is -2.35. The van der Waals surface area contributed by atoms with Gasteiger partial charge in [-0.3, -0.25) is 0 Å². The SMILES string of the molecule is FC1CCNC12CCOCC2. The summed E-state index contributed by atoms with van der Waals surface area (Å²) in [6.45, 7) is 2.27. The van der Waals surface area contributed by atoms with Crippen LogP contribution in [0.2, 0.25) is 0 Å². The normalized spacial score (nSPS) is 36.3. The van der Waals surface area contributed by atoms with Crippen molar-refractivity contribution in [2.24, 2.45) is 0 Å². The smallest absolute Gasteiger partial charge is 0.120 e. The first-order valence-corrected chi connectivity index (χ1v) is 4.30. The average molecular weight is 159 g/mol. The van der Waals surface area contributed by atoms with Crippen molar-refractivity contribution >= 4 is 0 Å². The Bertz CT molecular complexity index is 145. The molecule has 2 nitrogen and oxygen atoms in total. The fraction of sp³-hybridized carbons (Fsp3) is 1.00. The van der Waals surface area contributed by atoms with E-state index in [1.165, 1.54) is 0 Å². The quantitative estimate of drug-likeness (QED) is 0.566. The summed E-state index contributed by atoms with van der Waals surface area (Å²) in [6, 6.07) is 0. The molecule has 0 aliphatic carbocycles. The molecule has 1 spiro atoms. The van der Waals surface area contributed by atoms with Gasteiger partial charge in [0.15, 0.2) is 0 Å². The average Bonchev–Trinajstić information content (AvgIpc) is 2.36. The van der Waals surface area contributed by atoms with Crippen LogP contribution in [0.15, 0.2) is 0 Å². The van der Waals surface area contributed by atoms with E-state index in [9.17, 15) is 4.39 Å². The van der Waals surface area contributed by atoms with Gasteiger partial charge in [0.2, 0.25) is 0 Å². The van der Waals surface area contributed by atoms with Gasteiger partial charge in [-0.05, 0) is 25.8 Å². The van der Waals surface area contributed by atoms with E-state index in [0.717, 1.165) is 19.4 Å². The van der Waals surface area contributed by atoms with Crippen molar-refractivity contribution in [2.45, 2.75) is 31.0 Å². The molecule has 1 unspecified atom stereocenters. The molecule has 1 N–H and O–H groups in total. The van der Waals surface area contributed by atoms with Crippen molar-refractivity contribution in [3.05, 3.63) is 0 Å². The van der Waals surface area contributed by atoms with E-state index in [-0.39, 0.29) is 5.54 Å². The summed E-state index contributed by atoms with van der Waals surface area (Å²) < 4.78 is 18.5. The second kappa shape index (κ2) is 2.72. The van der Waals surface area contributed by atoms with Crippen LogP contribution in [0.4, 0.5) is 4.39 Å². The van der Waals surface area contributed by atoms with Crippen LogP contribution in [0.25, 0.3) is 0 Å². The summed E-state index contributed by atoms with van der Waals surface area (Å²) in [5.41, 5.74) is -0.210. The molecule has 11 heavy (non-hydrogen) atoms. The number of rotatable bonds is 0. The number of ether oxygens (including phenoxy) is 1. The van der Waals surface area contributed by atoms with E-state index in [1.807, 2.05) is 0 Å². The number of hydrogen-bond acceptors (Lipinski definition) is 2. The molecular weight excluding hydrogens is 145 g/mol. The largest absolute Gasteiger partial charge is 0.381 e. The second-order valence-corrected chi connectivity index (χ2v) is 3.45. The molecule has 3 heteroatoms. The Balaban J connectivity index is 2.06. The van der Waals surface area contributed by atoms with Crippen molar-refractivity contribution in [1.29, 1.82) is 0 Å². The fourth-order valence-corrected chi connectivity index (χ4v) is 2.06. The lowest BCUT2D eigenvalue weighted by Crippen LogP contribution is -2.50. The van der Waals surface area contributed by atoms with Crippen molar-refractivity contribution < 1.29 is 9.13 Å². The highest BCUT2D eigenvalue weighted by Gasteiger charge is 2.43. The Labute approximate surface area is 66.1 Å². The standard InChI is InChI=1S/C8H14FNO/c9-7-1-4-10-8(7)2-5-11-6-3-8/h7,10H,1-6H2. The minimum Gasteiger partial charge on any atom is -0.381 e. The van der Waals surface area contributed by atoms with Gasteiger partial charge in [0.25, 0.3) is 0 Å². The van der Waals surface area contributed by atoms with E-state index in [4.69, 9.17) is 4.74 Å². The number of alkyl halides is 1. The van der Waals surface area contributed by atoms with Crippen molar-refractivity contribution in [3.8, 4) is 0 Å². The Morgan fingerprint density at radius 2 is 2.09 bits per heavy atom. The number of nitrogens with one attached hydrogen (secondary N) is 1. The highest BCUT2D eigenvalue weighted by Crippen LogP contribution is 2.32. The molecule has 0 aromatic heterocycles. The van der Waals surface area contributed by atoms with Gasteiger partial charge in [0.1, 0.15) is 6.17 Å². The first kappa shape index (κ1) is 7.50. The highest BCUT2D eigenvalue weighted by molar-refractivity contribution is 5.01. The van der Waals surface area contributed by atoms with Gasteiger partial charge in [-0.2, -0.15) is 0 Å². The minimum atomic E-state index is -0.647. The van der Waals surface area contributed by atoms with Crippen LogP contribution in [0.1, 0.15) is 19.3 Å². The Kier molecular flexibility index (Phi) is 1.85. The summed E-state index contributed by atoms with van der Waals surface area (Å²) in [4.78, 5) is 0. The monoisotopic (exact) mass is 159 g/mol. The molecule has 1 atom stereocenters. The van der Waals surface area contributed by atoms with E-state index in [2.05, 4.69) is 5.32 Å². The zero-order valence-corrected chi connectivity index (χ0v) is 6.61. The van der Waals surface area contributed by atoms with Gasteiger partial charge in [-0.25, -0.2) is 4.39 Å². The van der Waals surface area contributed by atoms with Crippen molar-refractivity contribution in [2.75, 3.05) is 19.8 Å². The first-order chi connectivity index (χ1) is 5.33. The molecule has 0 amide bonds. The van der Waals surface area contributed by atoms with E-state index in [0.29, 0.717) is 19.6 Å². The van der Waals surface area contributed by atoms with Gasteiger partial charge in [-0.1, -0.05) is 0 Å². The van der Waals surface area contributed by atoms with Crippen LogP contribution >= 0.6 is 0 Å². The van der Waals surface area contributed by atoms with Crippen molar-refractivity contribution in [3.63, 3.8) is 0 Å². The fourth-order valence-electron chi connectivity index (χ4n) is 2.06. The summed E-state index contributed by atoms with van der Waals surface area (Å²) in [5, 5.41) is 3.27. The predicted octanol–water partition coefficient (Wildman–Crippen LogP) is 0.867. The van der Waals surface area contributed by atoms with Crippen LogP contribution in [0.5, 0.6) is 0 Å². The van der Waals surface area contributed by atoms with Crippen LogP contribution in [0, 0.1) is 0 Å². The molecule has 0 bridgehead atoms. The summed E-state index contributed by atoms with van der Waals surface area (Å²) in [7, 11) is 0. The van der Waals surface area contributed by atoms with E-state index in [1.54, 1.807) is 0 Å². The van der Waals surface area contributed by atoms with Gasteiger partial charge in [0, 0.05) is 13.2 Å². The summed E-state index contributed by atoms with van der Waals surface area (Å²) >= 11 is 0. The maximum Gasteiger partial charge on any atom is 0.120 e. The zero-order valence-electron chi connectivity index (χ0n) is 6.61. The molecule has 2 fully saturated rings. The number of halogens is 1. The molecule has 2 heterocycles. The molecular formula is C8H14FNO. The summed E-state index contributed by atoms with van der Waals surface area (Å²) in [5.74, 6) is 0. The van der Waals surface area contributed by atoms with Gasteiger partial charge >= 0.3 is 0 Å². The zero-order chi connectivity index (χ0) is 7.73. The molecule has 0 aromatic rings. The molecule has 2 aliphatic rings. The lowest BCUT2D eigenvalue weighted by atomic mass is 9.87.